The standard InChI is InChI=1S/C55H63ClF3N6O9PS3/c1-37(2)65-38(3)51(54(66)67)52(53(65)40-13-15-42(56)16-14-40)41-9-8-10-46(33-41)64-31-29-63(30-32-64)45-19-17-43(18-20-45)61-78(72,73)48-21-22-49(50(34-48)77(70,71)55(57,58)59)60-44(36-76-47-11-6-5-7-12-47)25-28-62-26-23-39(24-27-62)35-74-75(4,68)69/h5-22,33-34,37,39,44,60-61H,23-32,35-36H2,1-4H3,(H,66,67)(H,68,69)/t44-/m1/s1. The van der Waals surface area contributed by atoms with Gasteiger partial charge >= 0.3 is 19.1 Å². The first-order valence-electron chi connectivity index (χ1n) is 25.4. The lowest BCUT2D eigenvalue weighted by molar-refractivity contribution is -0.0436. The number of nitrogens with one attached hydrogen (secondary N) is 2. The number of hydrogen-bond donors (Lipinski definition) is 4. The van der Waals surface area contributed by atoms with Crippen LogP contribution in [0.5, 0.6) is 0 Å². The fourth-order valence-corrected chi connectivity index (χ4v) is 13.8. The van der Waals surface area contributed by atoms with Gasteiger partial charge in [0.25, 0.3) is 19.9 Å². The van der Waals surface area contributed by atoms with Gasteiger partial charge in [-0.1, -0.05) is 54.1 Å². The molecule has 2 atom stereocenters. The number of nitrogens with zero attached hydrogens (tertiary/aromatic N) is 4. The van der Waals surface area contributed by atoms with Gasteiger partial charge in [-0.15, -0.1) is 11.8 Å². The summed E-state index contributed by atoms with van der Waals surface area (Å²) in [6, 6.07) is 33.1. The molecule has 4 N–H and O–H groups in total. The number of aromatic nitrogens is 1. The third-order valence-electron chi connectivity index (χ3n) is 14.0. The Labute approximate surface area is 463 Å². The highest BCUT2D eigenvalue weighted by molar-refractivity contribution is 7.99. The van der Waals surface area contributed by atoms with Gasteiger partial charge in [-0.3, -0.25) is 9.29 Å². The first kappa shape index (κ1) is 58.6. The third-order valence-corrected chi connectivity index (χ3v) is 19.0. The lowest BCUT2D eigenvalue weighted by Gasteiger charge is -2.37. The molecule has 0 spiro atoms. The highest BCUT2D eigenvalue weighted by atomic mass is 35.5. The van der Waals surface area contributed by atoms with E-state index in [2.05, 4.69) is 24.7 Å². The van der Waals surface area contributed by atoms with E-state index in [0.717, 1.165) is 51.9 Å². The molecule has 0 aliphatic carbocycles. The average Bonchev–Trinajstić information content (AvgIpc) is 3.72. The monoisotopic (exact) mass is 1170 g/mol. The SMILES string of the molecule is Cc1c(C(=O)O)c(-c2cccc(N3CCN(c4ccc(NS(=O)(=O)c5ccc(N[C@H](CCN6CCC(COP(C)(=O)O)CC6)CSc6ccccc6)c(S(=O)(=O)C(F)(F)F)c5)cc4)CC3)c2)c(-c2ccc(Cl)cc2)n1C(C)C. The summed E-state index contributed by atoms with van der Waals surface area (Å²) in [5.41, 5.74) is -0.473. The van der Waals surface area contributed by atoms with Crippen molar-refractivity contribution in [3.63, 3.8) is 0 Å². The van der Waals surface area contributed by atoms with Gasteiger partial charge in [-0.25, -0.2) is 21.6 Å². The smallest absolute Gasteiger partial charge is 0.478 e. The number of anilines is 4. The maximum atomic E-state index is 14.4. The zero-order valence-corrected chi connectivity index (χ0v) is 47.6. The molecule has 78 heavy (non-hydrogen) atoms. The van der Waals surface area contributed by atoms with Crippen molar-refractivity contribution < 1.29 is 53.9 Å². The van der Waals surface area contributed by atoms with Crippen LogP contribution in [-0.2, 0) is 28.9 Å². The van der Waals surface area contributed by atoms with E-state index in [9.17, 15) is 49.4 Å². The fourth-order valence-electron chi connectivity index (χ4n) is 10.0. The summed E-state index contributed by atoms with van der Waals surface area (Å²) >= 11 is 7.69. The van der Waals surface area contributed by atoms with Gasteiger partial charge in [0.05, 0.1) is 28.4 Å². The Hall–Kier alpha value is -5.51. The molecule has 2 aliphatic rings. The van der Waals surface area contributed by atoms with Crippen LogP contribution in [0.1, 0.15) is 55.2 Å². The number of rotatable bonds is 21. The van der Waals surface area contributed by atoms with E-state index < -0.39 is 60.5 Å². The molecule has 0 amide bonds. The number of piperazine rings is 1. The quantitative estimate of drug-likeness (QED) is 0.0393. The van der Waals surface area contributed by atoms with Gasteiger partial charge in [0.2, 0.25) is 0 Å². The molecule has 3 heterocycles. The van der Waals surface area contributed by atoms with Crippen LogP contribution >= 0.6 is 31.0 Å². The molecule has 2 aliphatic heterocycles. The summed E-state index contributed by atoms with van der Waals surface area (Å²) in [6.45, 7) is 11.3. The zero-order chi connectivity index (χ0) is 56.2. The molecule has 6 aromatic rings. The Kier molecular flexibility index (Phi) is 18.4. The van der Waals surface area contributed by atoms with E-state index in [1.54, 1.807) is 24.3 Å². The van der Waals surface area contributed by atoms with Crippen LogP contribution in [-0.4, -0.2) is 119 Å². The van der Waals surface area contributed by atoms with Crippen molar-refractivity contribution >= 4 is 79.5 Å². The summed E-state index contributed by atoms with van der Waals surface area (Å²) in [5, 5.41) is 14.2. The molecule has 15 nitrogen and oxygen atoms in total. The lowest BCUT2D eigenvalue weighted by Crippen LogP contribution is -2.46. The minimum atomic E-state index is -6.07. The van der Waals surface area contributed by atoms with Crippen LogP contribution in [0.15, 0.2) is 136 Å². The summed E-state index contributed by atoms with van der Waals surface area (Å²) < 4.78 is 119. The van der Waals surface area contributed by atoms with Crippen molar-refractivity contribution in [2.75, 3.05) is 84.7 Å². The number of carbonyl (C=O) groups is 1. The zero-order valence-electron chi connectivity index (χ0n) is 43.5. The summed E-state index contributed by atoms with van der Waals surface area (Å²) in [6.07, 6.45) is 1.81. The molecule has 0 radical (unpaired) electrons. The van der Waals surface area contributed by atoms with Gasteiger partial charge in [0, 0.05) is 95.5 Å². The van der Waals surface area contributed by atoms with Crippen molar-refractivity contribution in [1.82, 2.24) is 9.47 Å². The Morgan fingerprint density at radius 1 is 0.833 bits per heavy atom. The molecule has 2 fully saturated rings. The molecular weight excluding hydrogens is 1110 g/mol. The number of sulfone groups is 1. The Morgan fingerprint density at radius 3 is 2.08 bits per heavy atom. The number of sulfonamides is 1. The van der Waals surface area contributed by atoms with Crippen molar-refractivity contribution in [1.29, 1.82) is 0 Å². The maximum Gasteiger partial charge on any atom is 0.501 e. The van der Waals surface area contributed by atoms with Gasteiger partial charge < -0.3 is 39.1 Å². The van der Waals surface area contributed by atoms with E-state index in [4.69, 9.17) is 16.1 Å². The molecule has 1 unspecified atom stereocenters. The van der Waals surface area contributed by atoms with Crippen LogP contribution in [0, 0.1) is 12.8 Å². The number of aromatic carboxylic acids is 1. The fraction of sp³-hybridized carbons (Fsp3) is 0.364. The van der Waals surface area contributed by atoms with Crippen molar-refractivity contribution in [2.45, 2.75) is 72.3 Å². The predicted molar refractivity (Wildman–Crippen MR) is 304 cm³/mol. The largest absolute Gasteiger partial charge is 0.501 e. The second kappa shape index (κ2) is 24.5. The molecule has 0 bridgehead atoms. The first-order valence-corrected chi connectivity index (χ1v) is 31.8. The average molecular weight is 1170 g/mol. The number of piperidine rings is 1. The normalized spacial score (nSPS) is 16.3. The number of likely N-dealkylation sites (tertiary alicyclic amines) is 1. The van der Waals surface area contributed by atoms with Gasteiger partial charge in [-0.2, -0.15) is 13.2 Å². The summed E-state index contributed by atoms with van der Waals surface area (Å²) in [4.78, 5) is 27.9. The number of benzene rings is 5. The van der Waals surface area contributed by atoms with E-state index in [0.29, 0.717) is 93.2 Å². The van der Waals surface area contributed by atoms with E-state index in [-0.39, 0.29) is 29.8 Å². The van der Waals surface area contributed by atoms with Crippen LogP contribution in [0.3, 0.4) is 0 Å². The molecule has 0 saturated carbocycles. The maximum absolute atomic E-state index is 14.4. The molecule has 5 aromatic carbocycles. The highest BCUT2D eigenvalue weighted by Crippen LogP contribution is 2.43. The van der Waals surface area contributed by atoms with Crippen LogP contribution in [0.4, 0.5) is 35.9 Å². The third kappa shape index (κ3) is 14.1. The number of halogens is 4. The Bertz CT molecular complexity index is 3350. The molecule has 2 saturated heterocycles. The second-order valence-electron chi connectivity index (χ2n) is 19.9. The van der Waals surface area contributed by atoms with E-state index >= 15 is 0 Å². The first-order chi connectivity index (χ1) is 36.9. The number of carboxylic acid groups (broad SMARTS) is 1. The van der Waals surface area contributed by atoms with Crippen LogP contribution in [0.25, 0.3) is 22.4 Å². The van der Waals surface area contributed by atoms with Gasteiger partial charge in [0.15, 0.2) is 0 Å². The molecular formula is C55H63ClF3N6O9PS3. The van der Waals surface area contributed by atoms with Crippen LogP contribution in [0.2, 0.25) is 5.02 Å². The highest BCUT2D eigenvalue weighted by Gasteiger charge is 2.48. The Balaban J connectivity index is 0.954. The number of carboxylic acids is 1. The van der Waals surface area contributed by atoms with E-state index in [1.165, 1.54) is 23.9 Å². The minimum absolute atomic E-state index is 0.0379. The lowest BCUT2D eigenvalue weighted by atomic mass is 9.96. The number of alkyl halides is 3. The number of thioether (sulfide) groups is 1. The molecule has 418 valence electrons. The summed E-state index contributed by atoms with van der Waals surface area (Å²) in [7, 11) is -14.3. The van der Waals surface area contributed by atoms with E-state index in [1.807, 2.05) is 92.1 Å². The van der Waals surface area contributed by atoms with Gasteiger partial charge in [0.1, 0.15) is 4.90 Å². The molecule has 23 heteroatoms. The minimum Gasteiger partial charge on any atom is -0.478 e. The van der Waals surface area contributed by atoms with Crippen molar-refractivity contribution in [2.24, 2.45) is 5.92 Å². The molecule has 1 aromatic heterocycles. The topological polar surface area (TPSA) is 191 Å². The second-order valence-corrected chi connectivity index (χ2v) is 26.9. The number of hydrogen-bond acceptors (Lipinski definition) is 12. The molecule has 8 rings (SSSR count). The predicted octanol–water partition coefficient (Wildman–Crippen LogP) is 12.0. The Morgan fingerprint density at radius 2 is 1.47 bits per heavy atom. The summed E-state index contributed by atoms with van der Waals surface area (Å²) in [5.74, 6) is -0.603. The van der Waals surface area contributed by atoms with Crippen molar-refractivity contribution in [3.05, 3.63) is 138 Å². The van der Waals surface area contributed by atoms with Crippen molar-refractivity contribution in [3.8, 4) is 22.4 Å². The van der Waals surface area contributed by atoms with Crippen LogP contribution < -0.4 is 19.8 Å². The van der Waals surface area contributed by atoms with Gasteiger partial charge in [-0.05, 0) is 149 Å².